The molecule has 122 valence electrons. The van der Waals surface area contributed by atoms with Crippen LogP contribution in [0.1, 0.15) is 15.9 Å². The lowest BCUT2D eigenvalue weighted by molar-refractivity contribution is 0.0827. The Morgan fingerprint density at radius 1 is 1.13 bits per heavy atom. The molecule has 0 spiro atoms. The van der Waals surface area contributed by atoms with Gasteiger partial charge in [-0.05, 0) is 48.9 Å². The van der Waals surface area contributed by atoms with Gasteiger partial charge >= 0.3 is 0 Å². The van der Waals surface area contributed by atoms with Crippen LogP contribution in [-0.2, 0) is 10.0 Å². The molecule has 0 radical (unpaired) electrons. The molecule has 0 fully saturated rings. The molecule has 7 heteroatoms. The van der Waals surface area contributed by atoms with Crippen molar-refractivity contribution in [2.24, 2.45) is 0 Å². The summed E-state index contributed by atoms with van der Waals surface area (Å²) in [4.78, 5) is 13.6. The second-order valence-electron chi connectivity index (χ2n) is 5.30. The van der Waals surface area contributed by atoms with Gasteiger partial charge in [-0.3, -0.25) is 9.52 Å². The van der Waals surface area contributed by atoms with Crippen molar-refractivity contribution in [2.45, 2.75) is 11.8 Å². The maximum Gasteiger partial charge on any atom is 0.261 e. The van der Waals surface area contributed by atoms with Crippen LogP contribution in [0.4, 0.5) is 5.69 Å². The highest BCUT2D eigenvalue weighted by Gasteiger charge is 2.16. The number of anilines is 1. The number of hydrogen-bond donors (Lipinski definition) is 1. The van der Waals surface area contributed by atoms with E-state index in [1.54, 1.807) is 44.4 Å². The van der Waals surface area contributed by atoms with E-state index in [1.165, 1.54) is 17.0 Å². The molecular weight excluding hydrogens is 380 g/mol. The molecule has 5 nitrogen and oxygen atoms in total. The van der Waals surface area contributed by atoms with Crippen molar-refractivity contribution in [3.8, 4) is 0 Å². The summed E-state index contributed by atoms with van der Waals surface area (Å²) in [6, 6.07) is 11.2. The zero-order valence-electron chi connectivity index (χ0n) is 13.0. The number of carbonyl (C=O) groups is 1. The van der Waals surface area contributed by atoms with Crippen molar-refractivity contribution in [1.29, 1.82) is 0 Å². The van der Waals surface area contributed by atoms with Gasteiger partial charge < -0.3 is 4.90 Å². The number of benzene rings is 2. The molecule has 0 unspecified atom stereocenters. The highest BCUT2D eigenvalue weighted by Crippen LogP contribution is 2.22. The summed E-state index contributed by atoms with van der Waals surface area (Å²) in [5.74, 6) is -0.189. The largest absolute Gasteiger partial charge is 0.345 e. The van der Waals surface area contributed by atoms with Crippen LogP contribution in [0.2, 0.25) is 0 Å². The Morgan fingerprint density at radius 3 is 2.43 bits per heavy atom. The van der Waals surface area contributed by atoms with Crippen molar-refractivity contribution in [1.82, 2.24) is 4.90 Å². The van der Waals surface area contributed by atoms with E-state index in [4.69, 9.17) is 0 Å². The van der Waals surface area contributed by atoms with Gasteiger partial charge in [0.1, 0.15) is 0 Å². The molecule has 0 saturated heterocycles. The van der Waals surface area contributed by atoms with Crippen LogP contribution in [0.5, 0.6) is 0 Å². The van der Waals surface area contributed by atoms with Crippen LogP contribution in [0.15, 0.2) is 51.8 Å². The molecule has 1 amide bonds. The molecule has 0 atom stereocenters. The fourth-order valence-electron chi connectivity index (χ4n) is 1.97. The lowest BCUT2D eigenvalue weighted by Crippen LogP contribution is -2.22. The molecule has 2 rings (SSSR count). The van der Waals surface area contributed by atoms with Gasteiger partial charge in [-0.1, -0.05) is 22.0 Å². The Hall–Kier alpha value is -1.86. The van der Waals surface area contributed by atoms with Crippen LogP contribution in [0.25, 0.3) is 0 Å². The standard InChI is InChI=1S/C16H17BrN2O3S/c1-11-9-14(7-8-15(11)17)23(21,22)18-13-6-4-5-12(10-13)16(20)19(2)3/h4-10,18H,1-3H3. The topological polar surface area (TPSA) is 66.5 Å². The van der Waals surface area contributed by atoms with Gasteiger partial charge in [0.25, 0.3) is 15.9 Å². The lowest BCUT2D eigenvalue weighted by Gasteiger charge is -2.13. The van der Waals surface area contributed by atoms with Crippen molar-refractivity contribution >= 4 is 37.5 Å². The summed E-state index contributed by atoms with van der Waals surface area (Å²) in [6.45, 7) is 1.82. The predicted octanol–water partition coefficient (Wildman–Crippen LogP) is 3.26. The number of sulfonamides is 1. The molecule has 0 aliphatic rings. The van der Waals surface area contributed by atoms with Crippen LogP contribution < -0.4 is 4.72 Å². The van der Waals surface area contributed by atoms with Crippen molar-refractivity contribution in [3.05, 3.63) is 58.1 Å². The van der Waals surface area contributed by atoms with Gasteiger partial charge in [-0.25, -0.2) is 8.42 Å². The quantitative estimate of drug-likeness (QED) is 0.861. The molecule has 0 saturated carbocycles. The third kappa shape index (κ3) is 4.11. The number of rotatable bonds is 4. The summed E-state index contributed by atoms with van der Waals surface area (Å²) in [6.07, 6.45) is 0. The zero-order valence-corrected chi connectivity index (χ0v) is 15.4. The summed E-state index contributed by atoms with van der Waals surface area (Å²) in [5.41, 5.74) is 1.59. The van der Waals surface area contributed by atoms with Gasteiger partial charge in [-0.15, -0.1) is 0 Å². The SMILES string of the molecule is Cc1cc(S(=O)(=O)Nc2cccc(C(=O)N(C)C)c2)ccc1Br. The third-order valence-corrected chi connectivity index (χ3v) is 5.48. The minimum absolute atomic E-state index is 0.169. The summed E-state index contributed by atoms with van der Waals surface area (Å²) < 4.78 is 28.3. The molecule has 0 aromatic heterocycles. The smallest absolute Gasteiger partial charge is 0.261 e. The van der Waals surface area contributed by atoms with Gasteiger partial charge in [0.05, 0.1) is 4.90 Å². The average Bonchev–Trinajstić information content (AvgIpc) is 2.48. The van der Waals surface area contributed by atoms with E-state index in [1.807, 2.05) is 6.92 Å². The van der Waals surface area contributed by atoms with E-state index in [0.717, 1.165) is 10.0 Å². The molecule has 23 heavy (non-hydrogen) atoms. The third-order valence-electron chi connectivity index (χ3n) is 3.21. The second-order valence-corrected chi connectivity index (χ2v) is 7.83. The molecule has 0 bridgehead atoms. The first kappa shape index (κ1) is 17.5. The predicted molar refractivity (Wildman–Crippen MR) is 94.1 cm³/mol. The molecular formula is C16H17BrN2O3S. The molecule has 2 aromatic carbocycles. The average molecular weight is 397 g/mol. The van der Waals surface area contributed by atoms with Crippen molar-refractivity contribution in [2.75, 3.05) is 18.8 Å². The minimum Gasteiger partial charge on any atom is -0.345 e. The first-order valence-corrected chi connectivity index (χ1v) is 9.09. The van der Waals surface area contributed by atoms with Gasteiger partial charge in [0.15, 0.2) is 0 Å². The zero-order chi connectivity index (χ0) is 17.2. The Bertz CT molecular complexity index is 848. The Balaban J connectivity index is 2.32. The molecule has 1 N–H and O–H groups in total. The van der Waals surface area contributed by atoms with Crippen LogP contribution in [0.3, 0.4) is 0 Å². The van der Waals surface area contributed by atoms with Gasteiger partial charge in [0.2, 0.25) is 0 Å². The fraction of sp³-hybridized carbons (Fsp3) is 0.188. The number of nitrogens with one attached hydrogen (secondary N) is 1. The number of aryl methyl sites for hydroxylation is 1. The maximum absolute atomic E-state index is 12.5. The Morgan fingerprint density at radius 2 is 1.83 bits per heavy atom. The first-order valence-electron chi connectivity index (χ1n) is 6.81. The van der Waals surface area contributed by atoms with Crippen LogP contribution in [-0.4, -0.2) is 33.3 Å². The van der Waals surface area contributed by atoms with Gasteiger partial charge in [-0.2, -0.15) is 0 Å². The highest BCUT2D eigenvalue weighted by molar-refractivity contribution is 9.10. The normalized spacial score (nSPS) is 11.1. The van der Waals surface area contributed by atoms with E-state index in [2.05, 4.69) is 20.7 Å². The van der Waals surface area contributed by atoms with E-state index in [0.29, 0.717) is 11.3 Å². The summed E-state index contributed by atoms with van der Waals surface area (Å²) in [5, 5.41) is 0. The van der Waals surface area contributed by atoms with Gasteiger partial charge in [0, 0.05) is 29.8 Å². The molecule has 0 heterocycles. The molecule has 0 aliphatic heterocycles. The number of halogens is 1. The Kier molecular flexibility index (Phi) is 5.11. The summed E-state index contributed by atoms with van der Waals surface area (Å²) in [7, 11) is -0.426. The van der Waals surface area contributed by atoms with Crippen LogP contribution in [0, 0.1) is 6.92 Å². The maximum atomic E-state index is 12.5. The first-order chi connectivity index (χ1) is 10.7. The number of hydrogen-bond acceptors (Lipinski definition) is 3. The van der Waals surface area contributed by atoms with E-state index < -0.39 is 10.0 Å². The fourth-order valence-corrected chi connectivity index (χ4v) is 3.35. The number of carbonyl (C=O) groups excluding carboxylic acids is 1. The second kappa shape index (κ2) is 6.72. The molecule has 0 aliphatic carbocycles. The summed E-state index contributed by atoms with van der Waals surface area (Å²) >= 11 is 3.34. The Labute approximate surface area is 144 Å². The highest BCUT2D eigenvalue weighted by atomic mass is 79.9. The number of amides is 1. The van der Waals surface area contributed by atoms with Crippen molar-refractivity contribution < 1.29 is 13.2 Å². The van der Waals surface area contributed by atoms with E-state index in [-0.39, 0.29) is 10.8 Å². The van der Waals surface area contributed by atoms with E-state index >= 15 is 0 Å². The van der Waals surface area contributed by atoms with E-state index in [9.17, 15) is 13.2 Å². The molecule has 2 aromatic rings. The van der Waals surface area contributed by atoms with Crippen LogP contribution >= 0.6 is 15.9 Å². The minimum atomic E-state index is -3.71. The van der Waals surface area contributed by atoms with Crippen molar-refractivity contribution in [3.63, 3.8) is 0 Å². The number of nitrogens with zero attached hydrogens (tertiary/aromatic N) is 1. The monoisotopic (exact) mass is 396 g/mol. The lowest BCUT2D eigenvalue weighted by atomic mass is 10.2.